The predicted octanol–water partition coefficient (Wildman–Crippen LogP) is 0.0896. The number of nitrogens with one attached hydrogen (secondary N) is 2. The van der Waals surface area contributed by atoms with Gasteiger partial charge >= 0.3 is 12.0 Å². The van der Waals surface area contributed by atoms with Crippen molar-refractivity contribution in [3.8, 4) is 0 Å². The summed E-state index contributed by atoms with van der Waals surface area (Å²) in [7, 11) is 0. The number of amides is 3. The van der Waals surface area contributed by atoms with Crippen molar-refractivity contribution in [1.82, 2.24) is 15.5 Å². The minimum absolute atomic E-state index is 0.0773. The average Bonchev–Trinajstić information content (AvgIpc) is 2.44. The lowest BCUT2D eigenvalue weighted by Gasteiger charge is -2.32. The van der Waals surface area contributed by atoms with E-state index >= 15 is 0 Å². The van der Waals surface area contributed by atoms with Crippen molar-refractivity contribution in [2.75, 3.05) is 13.1 Å². The van der Waals surface area contributed by atoms with E-state index in [-0.39, 0.29) is 25.5 Å². The number of carboxylic acids is 1. The fourth-order valence-corrected chi connectivity index (χ4v) is 2.18. The van der Waals surface area contributed by atoms with Gasteiger partial charge in [0.15, 0.2) is 0 Å². The van der Waals surface area contributed by atoms with Gasteiger partial charge in [-0.3, -0.25) is 9.69 Å². The van der Waals surface area contributed by atoms with Crippen LogP contribution in [0.15, 0.2) is 24.3 Å². The minimum atomic E-state index is -1.14. The summed E-state index contributed by atoms with van der Waals surface area (Å²) in [5.41, 5.74) is 1.99. The van der Waals surface area contributed by atoms with Crippen LogP contribution in [0.2, 0.25) is 0 Å². The number of carbonyl (C=O) groups is 3. The van der Waals surface area contributed by atoms with Gasteiger partial charge in [0.2, 0.25) is 5.91 Å². The SMILES string of the molecule is Cc1cccc(CNC(=O)N2CC(=O)NCC2C(=O)O)c1. The van der Waals surface area contributed by atoms with Gasteiger partial charge < -0.3 is 15.7 Å². The van der Waals surface area contributed by atoms with Gasteiger partial charge in [-0.2, -0.15) is 0 Å². The maximum absolute atomic E-state index is 12.1. The third-order valence-corrected chi connectivity index (χ3v) is 3.25. The highest BCUT2D eigenvalue weighted by Gasteiger charge is 2.35. The molecule has 1 saturated heterocycles. The highest BCUT2D eigenvalue weighted by atomic mass is 16.4. The fourth-order valence-electron chi connectivity index (χ4n) is 2.18. The number of hydrogen-bond donors (Lipinski definition) is 3. The Kier molecular flexibility index (Phi) is 4.42. The molecule has 1 aliphatic heterocycles. The number of rotatable bonds is 3. The lowest BCUT2D eigenvalue weighted by molar-refractivity contribution is -0.144. The van der Waals surface area contributed by atoms with Gasteiger partial charge in [-0.05, 0) is 12.5 Å². The predicted molar refractivity (Wildman–Crippen MR) is 74.6 cm³/mol. The van der Waals surface area contributed by atoms with Crippen molar-refractivity contribution in [2.45, 2.75) is 19.5 Å². The molecule has 0 radical (unpaired) electrons. The number of aliphatic carboxylic acids is 1. The summed E-state index contributed by atoms with van der Waals surface area (Å²) in [5, 5.41) is 14.2. The van der Waals surface area contributed by atoms with Crippen LogP contribution < -0.4 is 10.6 Å². The second kappa shape index (κ2) is 6.25. The van der Waals surface area contributed by atoms with E-state index in [4.69, 9.17) is 5.11 Å². The van der Waals surface area contributed by atoms with Crippen LogP contribution in [0.25, 0.3) is 0 Å². The molecule has 7 heteroatoms. The van der Waals surface area contributed by atoms with Crippen molar-refractivity contribution in [1.29, 1.82) is 0 Å². The number of urea groups is 1. The fraction of sp³-hybridized carbons (Fsp3) is 0.357. The zero-order valence-corrected chi connectivity index (χ0v) is 11.6. The summed E-state index contributed by atoms with van der Waals surface area (Å²) < 4.78 is 0. The molecule has 21 heavy (non-hydrogen) atoms. The summed E-state index contributed by atoms with van der Waals surface area (Å²) in [5.74, 6) is -1.50. The van der Waals surface area contributed by atoms with E-state index in [1.54, 1.807) is 0 Å². The first-order valence-corrected chi connectivity index (χ1v) is 6.57. The Hall–Kier alpha value is -2.57. The van der Waals surface area contributed by atoms with E-state index < -0.39 is 18.0 Å². The van der Waals surface area contributed by atoms with Crippen molar-refractivity contribution in [3.63, 3.8) is 0 Å². The molecule has 1 aromatic carbocycles. The molecule has 2 rings (SSSR count). The number of benzene rings is 1. The number of piperazine rings is 1. The first-order valence-electron chi connectivity index (χ1n) is 6.57. The third-order valence-electron chi connectivity index (χ3n) is 3.25. The standard InChI is InChI=1S/C14H17N3O4/c1-9-3-2-4-10(5-9)6-16-14(21)17-8-12(18)15-7-11(17)13(19)20/h2-5,11H,6-8H2,1H3,(H,15,18)(H,16,21)(H,19,20). The molecule has 0 spiro atoms. The topological polar surface area (TPSA) is 98.7 Å². The van der Waals surface area contributed by atoms with Gasteiger partial charge in [-0.1, -0.05) is 29.8 Å². The maximum atomic E-state index is 12.1. The third kappa shape index (κ3) is 3.71. The Morgan fingerprint density at radius 1 is 1.48 bits per heavy atom. The van der Waals surface area contributed by atoms with Gasteiger partial charge in [0, 0.05) is 13.1 Å². The number of carboxylic acid groups (broad SMARTS) is 1. The molecule has 0 aromatic heterocycles. The van der Waals surface area contributed by atoms with Gasteiger partial charge in [0.1, 0.15) is 12.6 Å². The summed E-state index contributed by atoms with van der Waals surface area (Å²) in [4.78, 5) is 35.6. The molecule has 1 aliphatic rings. The Balaban J connectivity index is 2.00. The molecule has 3 amide bonds. The van der Waals surface area contributed by atoms with Crippen LogP contribution >= 0.6 is 0 Å². The first-order chi connectivity index (χ1) is 9.97. The number of nitrogens with zero attached hydrogens (tertiary/aromatic N) is 1. The molecule has 1 heterocycles. The lowest BCUT2D eigenvalue weighted by atomic mass is 10.1. The zero-order valence-electron chi connectivity index (χ0n) is 11.6. The van der Waals surface area contributed by atoms with Crippen LogP contribution in [-0.4, -0.2) is 47.0 Å². The molecule has 0 saturated carbocycles. The second-order valence-electron chi connectivity index (χ2n) is 4.93. The zero-order chi connectivity index (χ0) is 15.4. The quantitative estimate of drug-likeness (QED) is 0.735. The largest absolute Gasteiger partial charge is 0.480 e. The van der Waals surface area contributed by atoms with Gasteiger partial charge in [-0.15, -0.1) is 0 Å². The molecular weight excluding hydrogens is 274 g/mol. The molecule has 112 valence electrons. The van der Waals surface area contributed by atoms with E-state index in [1.165, 1.54) is 0 Å². The average molecular weight is 291 g/mol. The van der Waals surface area contributed by atoms with Crippen LogP contribution in [0.4, 0.5) is 4.79 Å². The lowest BCUT2D eigenvalue weighted by Crippen LogP contribution is -2.61. The van der Waals surface area contributed by atoms with Crippen molar-refractivity contribution < 1.29 is 19.5 Å². The van der Waals surface area contributed by atoms with Crippen molar-refractivity contribution >= 4 is 17.9 Å². The van der Waals surface area contributed by atoms with E-state index in [1.807, 2.05) is 31.2 Å². The summed E-state index contributed by atoms with van der Waals surface area (Å²) in [6, 6.07) is 6.02. The number of aryl methyl sites for hydroxylation is 1. The van der Waals surface area contributed by atoms with Crippen molar-refractivity contribution in [3.05, 3.63) is 35.4 Å². The van der Waals surface area contributed by atoms with Gasteiger partial charge in [-0.25, -0.2) is 9.59 Å². The van der Waals surface area contributed by atoms with E-state index in [0.29, 0.717) is 0 Å². The molecule has 0 bridgehead atoms. The Morgan fingerprint density at radius 3 is 2.90 bits per heavy atom. The molecule has 1 atom stereocenters. The molecule has 1 fully saturated rings. The van der Waals surface area contributed by atoms with Gasteiger partial charge in [0.05, 0.1) is 0 Å². The van der Waals surface area contributed by atoms with Crippen LogP contribution in [-0.2, 0) is 16.1 Å². The molecule has 1 unspecified atom stereocenters. The van der Waals surface area contributed by atoms with Crippen molar-refractivity contribution in [2.24, 2.45) is 0 Å². The highest BCUT2D eigenvalue weighted by Crippen LogP contribution is 2.07. The second-order valence-corrected chi connectivity index (χ2v) is 4.93. The van der Waals surface area contributed by atoms with Crippen LogP contribution in [0.1, 0.15) is 11.1 Å². The van der Waals surface area contributed by atoms with Crippen LogP contribution in [0.5, 0.6) is 0 Å². The van der Waals surface area contributed by atoms with E-state index in [9.17, 15) is 14.4 Å². The molecule has 1 aromatic rings. The maximum Gasteiger partial charge on any atom is 0.328 e. The van der Waals surface area contributed by atoms with Crippen LogP contribution in [0, 0.1) is 6.92 Å². The first kappa shape index (κ1) is 14.8. The normalized spacial score (nSPS) is 18.0. The summed E-state index contributed by atoms with van der Waals surface area (Å²) in [6.07, 6.45) is 0. The molecule has 3 N–H and O–H groups in total. The summed E-state index contributed by atoms with van der Waals surface area (Å²) in [6.45, 7) is 1.90. The number of carbonyl (C=O) groups excluding carboxylic acids is 2. The van der Waals surface area contributed by atoms with E-state index in [0.717, 1.165) is 16.0 Å². The Morgan fingerprint density at radius 2 is 2.24 bits per heavy atom. The Bertz CT molecular complexity index is 573. The molecule has 0 aliphatic carbocycles. The number of hydrogen-bond acceptors (Lipinski definition) is 3. The summed E-state index contributed by atoms with van der Waals surface area (Å²) >= 11 is 0. The Labute approximate surface area is 121 Å². The van der Waals surface area contributed by atoms with Gasteiger partial charge in [0.25, 0.3) is 0 Å². The minimum Gasteiger partial charge on any atom is -0.480 e. The molecule has 7 nitrogen and oxygen atoms in total. The highest BCUT2D eigenvalue weighted by molar-refractivity contribution is 5.90. The van der Waals surface area contributed by atoms with Crippen LogP contribution in [0.3, 0.4) is 0 Å². The van der Waals surface area contributed by atoms with E-state index in [2.05, 4.69) is 10.6 Å². The monoisotopic (exact) mass is 291 g/mol. The molecular formula is C14H17N3O4. The smallest absolute Gasteiger partial charge is 0.328 e.